The lowest BCUT2D eigenvalue weighted by molar-refractivity contribution is 0.468. The maximum atomic E-state index is 12.1. The minimum Gasteiger partial charge on any atom is -0.264 e. The van der Waals surface area contributed by atoms with E-state index in [1.165, 1.54) is 9.25 Å². The molecule has 2 aliphatic rings. The van der Waals surface area contributed by atoms with E-state index in [1.807, 2.05) is 0 Å². The van der Waals surface area contributed by atoms with Crippen LogP contribution >= 0.6 is 27.7 Å². The maximum Gasteiger partial charge on any atom is 0.347 e. The summed E-state index contributed by atoms with van der Waals surface area (Å²) in [5.74, 6) is 1.87. The summed E-state index contributed by atoms with van der Waals surface area (Å²) in [4.78, 5) is 12.1. The third-order valence-electron chi connectivity index (χ3n) is 3.02. The molecule has 0 atom stereocenters. The Hall–Kier alpha value is -0.280. The average Bonchev–Trinajstić information content (AvgIpc) is 2.36. The third-order valence-corrected chi connectivity index (χ3v) is 6.58. The van der Waals surface area contributed by atoms with E-state index in [2.05, 4.69) is 21.0 Å². The van der Waals surface area contributed by atoms with E-state index in [0.29, 0.717) is 4.73 Å². The molecule has 0 bridgehead atoms. The van der Waals surface area contributed by atoms with Crippen molar-refractivity contribution in [2.45, 2.75) is 12.1 Å². The summed E-state index contributed by atoms with van der Waals surface area (Å²) in [6.07, 6.45) is 0. The van der Waals surface area contributed by atoms with Gasteiger partial charge < -0.3 is 0 Å². The highest BCUT2D eigenvalue weighted by Gasteiger charge is 2.38. The molecular formula is C8H10BrN3O3S2. The second-order valence-corrected chi connectivity index (χ2v) is 8.23. The molecule has 2 fully saturated rings. The van der Waals surface area contributed by atoms with Gasteiger partial charge in [-0.25, -0.2) is 17.9 Å². The SMILES string of the molecule is O=c1n(C2CSC2)nc(Br)n1C1CS(=O)(=O)C1. The van der Waals surface area contributed by atoms with Gasteiger partial charge in [-0.2, -0.15) is 11.8 Å². The lowest BCUT2D eigenvalue weighted by Crippen LogP contribution is -2.44. The van der Waals surface area contributed by atoms with Crippen LogP contribution in [0.15, 0.2) is 9.53 Å². The van der Waals surface area contributed by atoms with Gasteiger partial charge in [-0.1, -0.05) is 0 Å². The van der Waals surface area contributed by atoms with Crippen LogP contribution in [0, 0.1) is 0 Å². The Balaban J connectivity index is 1.95. The van der Waals surface area contributed by atoms with Crippen molar-refractivity contribution >= 4 is 37.5 Å². The predicted octanol–water partition coefficient (Wildman–Crippen LogP) is 0.0647. The standard InChI is InChI=1S/C8H10BrN3O3S2/c9-7-10-12(5-1-16-2-5)8(13)11(7)6-3-17(14,15)4-6/h5-6H,1-4H2. The van der Waals surface area contributed by atoms with Gasteiger partial charge in [0.2, 0.25) is 4.73 Å². The van der Waals surface area contributed by atoms with Crippen LogP contribution in [0.2, 0.25) is 0 Å². The fourth-order valence-corrected chi connectivity index (χ4v) is 4.68. The smallest absolute Gasteiger partial charge is 0.264 e. The summed E-state index contributed by atoms with van der Waals surface area (Å²) < 4.78 is 25.6. The van der Waals surface area contributed by atoms with Crippen LogP contribution in [0.25, 0.3) is 0 Å². The largest absolute Gasteiger partial charge is 0.347 e. The molecule has 3 heterocycles. The van der Waals surface area contributed by atoms with Crippen molar-refractivity contribution in [2.75, 3.05) is 23.0 Å². The van der Waals surface area contributed by atoms with Crippen molar-refractivity contribution < 1.29 is 8.42 Å². The van der Waals surface area contributed by atoms with Gasteiger partial charge in [0.15, 0.2) is 9.84 Å². The predicted molar refractivity (Wildman–Crippen MR) is 68.2 cm³/mol. The molecular weight excluding hydrogens is 330 g/mol. The number of hydrogen-bond acceptors (Lipinski definition) is 5. The van der Waals surface area contributed by atoms with Gasteiger partial charge in [-0.05, 0) is 15.9 Å². The van der Waals surface area contributed by atoms with Crippen LogP contribution in [0.3, 0.4) is 0 Å². The fraction of sp³-hybridized carbons (Fsp3) is 0.750. The Morgan fingerprint density at radius 1 is 1.29 bits per heavy atom. The minimum absolute atomic E-state index is 0.0383. The van der Waals surface area contributed by atoms with E-state index in [-0.39, 0.29) is 29.3 Å². The van der Waals surface area contributed by atoms with Crippen molar-refractivity contribution in [3.8, 4) is 0 Å². The minimum atomic E-state index is -2.94. The number of thioether (sulfide) groups is 1. The monoisotopic (exact) mass is 339 g/mol. The van der Waals surface area contributed by atoms with Crippen molar-refractivity contribution in [2.24, 2.45) is 0 Å². The lowest BCUT2D eigenvalue weighted by atomic mass is 10.3. The van der Waals surface area contributed by atoms with E-state index in [4.69, 9.17) is 0 Å². The van der Waals surface area contributed by atoms with Crippen LogP contribution < -0.4 is 5.69 Å². The second-order valence-electron chi connectivity index (χ2n) is 4.29. The molecule has 2 aliphatic heterocycles. The van der Waals surface area contributed by atoms with E-state index >= 15 is 0 Å². The molecule has 0 unspecified atom stereocenters. The highest BCUT2D eigenvalue weighted by atomic mass is 79.9. The van der Waals surface area contributed by atoms with Gasteiger partial charge in [0.1, 0.15) is 0 Å². The lowest BCUT2D eigenvalue weighted by Gasteiger charge is -2.26. The molecule has 9 heteroatoms. The molecule has 1 aromatic rings. The van der Waals surface area contributed by atoms with E-state index in [1.54, 1.807) is 11.8 Å². The normalized spacial score (nSPS) is 24.3. The summed E-state index contributed by atoms with van der Waals surface area (Å²) in [6, 6.07) is -0.106. The van der Waals surface area contributed by atoms with Gasteiger partial charge >= 0.3 is 5.69 Å². The molecule has 17 heavy (non-hydrogen) atoms. The molecule has 0 radical (unpaired) electrons. The third kappa shape index (κ3) is 1.88. The topological polar surface area (TPSA) is 74.0 Å². The number of sulfone groups is 1. The molecule has 1 aromatic heterocycles. The van der Waals surface area contributed by atoms with E-state index < -0.39 is 9.84 Å². The molecule has 0 saturated carbocycles. The second kappa shape index (κ2) is 3.86. The molecule has 6 nitrogen and oxygen atoms in total. The first kappa shape index (κ1) is 11.8. The van der Waals surface area contributed by atoms with Crippen LogP contribution in [-0.4, -0.2) is 45.8 Å². The fourth-order valence-electron chi connectivity index (χ4n) is 1.96. The zero-order valence-electron chi connectivity index (χ0n) is 8.74. The Bertz CT molecular complexity index is 604. The molecule has 0 aromatic carbocycles. The van der Waals surface area contributed by atoms with Gasteiger partial charge in [0.25, 0.3) is 0 Å². The van der Waals surface area contributed by atoms with Crippen molar-refractivity contribution in [3.05, 3.63) is 15.2 Å². The van der Waals surface area contributed by atoms with Gasteiger partial charge in [0.05, 0.1) is 23.6 Å². The van der Waals surface area contributed by atoms with E-state index in [0.717, 1.165) is 11.5 Å². The number of rotatable bonds is 2. The van der Waals surface area contributed by atoms with Gasteiger partial charge in [-0.3, -0.25) is 4.57 Å². The zero-order valence-corrected chi connectivity index (χ0v) is 12.0. The van der Waals surface area contributed by atoms with Crippen LogP contribution in [-0.2, 0) is 9.84 Å². The molecule has 2 saturated heterocycles. The zero-order chi connectivity index (χ0) is 12.2. The maximum absolute atomic E-state index is 12.1. The average molecular weight is 340 g/mol. The molecule has 0 aliphatic carbocycles. The van der Waals surface area contributed by atoms with Gasteiger partial charge in [-0.15, -0.1) is 5.10 Å². The highest BCUT2D eigenvalue weighted by molar-refractivity contribution is 9.10. The first-order valence-corrected chi connectivity index (χ1v) is 8.89. The molecule has 0 N–H and O–H groups in total. The summed E-state index contributed by atoms with van der Waals surface area (Å²) in [5, 5.41) is 4.16. The summed E-state index contributed by atoms with van der Waals surface area (Å²) in [6.45, 7) is 0. The summed E-state index contributed by atoms with van der Waals surface area (Å²) >= 11 is 5.00. The van der Waals surface area contributed by atoms with Crippen molar-refractivity contribution in [3.63, 3.8) is 0 Å². The van der Waals surface area contributed by atoms with Crippen LogP contribution in [0.4, 0.5) is 0 Å². The Morgan fingerprint density at radius 3 is 2.41 bits per heavy atom. The molecule has 94 valence electrons. The van der Waals surface area contributed by atoms with Crippen LogP contribution in [0.1, 0.15) is 12.1 Å². The van der Waals surface area contributed by atoms with E-state index in [9.17, 15) is 13.2 Å². The molecule has 0 spiro atoms. The van der Waals surface area contributed by atoms with Crippen molar-refractivity contribution in [1.29, 1.82) is 0 Å². The number of aromatic nitrogens is 3. The number of hydrogen-bond donors (Lipinski definition) is 0. The van der Waals surface area contributed by atoms with Crippen molar-refractivity contribution in [1.82, 2.24) is 14.3 Å². The first-order chi connectivity index (χ1) is 7.98. The van der Waals surface area contributed by atoms with Gasteiger partial charge in [0, 0.05) is 11.5 Å². The number of nitrogens with zero attached hydrogens (tertiary/aromatic N) is 3. The Kier molecular flexibility index (Phi) is 2.67. The van der Waals surface area contributed by atoms with Crippen LogP contribution in [0.5, 0.6) is 0 Å². The highest BCUT2D eigenvalue weighted by Crippen LogP contribution is 2.29. The first-order valence-electron chi connectivity index (χ1n) is 5.12. The number of halogens is 1. The molecule has 0 amide bonds. The molecule has 3 rings (SSSR count). The summed E-state index contributed by atoms with van der Waals surface area (Å²) in [5.41, 5.74) is -0.206. The quantitative estimate of drug-likeness (QED) is 0.762. The Labute approximate surface area is 110 Å². The Morgan fingerprint density at radius 2 is 1.94 bits per heavy atom. The summed E-state index contributed by atoms with van der Waals surface area (Å²) in [7, 11) is -2.94.